The predicted molar refractivity (Wildman–Crippen MR) is 75.8 cm³/mol. The maximum atomic E-state index is 11.3. The molecule has 0 bridgehead atoms. The van der Waals surface area contributed by atoms with Crippen LogP contribution >= 0.6 is 15.9 Å². The van der Waals surface area contributed by atoms with Gasteiger partial charge in [-0.25, -0.2) is 4.98 Å². The van der Waals surface area contributed by atoms with E-state index < -0.39 is 0 Å². The smallest absolute Gasteiger partial charge is 0.239 e. The first-order chi connectivity index (χ1) is 8.58. The van der Waals surface area contributed by atoms with Crippen molar-refractivity contribution >= 4 is 33.6 Å². The van der Waals surface area contributed by atoms with Gasteiger partial charge in [-0.05, 0) is 22.4 Å². The van der Waals surface area contributed by atoms with Gasteiger partial charge in [-0.1, -0.05) is 6.92 Å². The number of carbonyl (C=O) groups is 1. The fraction of sp³-hybridized carbons (Fsp3) is 0.545. The number of halogens is 1. The van der Waals surface area contributed by atoms with E-state index in [0.29, 0.717) is 11.8 Å². The SMILES string of the molecule is CCCNc1ncc(Br)c(N(C)CC(=O)NC)n1. The zero-order valence-electron chi connectivity index (χ0n) is 10.8. The molecule has 2 N–H and O–H groups in total. The van der Waals surface area contributed by atoms with Gasteiger partial charge in [0.15, 0.2) is 0 Å². The van der Waals surface area contributed by atoms with Gasteiger partial charge in [0.05, 0.1) is 11.0 Å². The van der Waals surface area contributed by atoms with Gasteiger partial charge < -0.3 is 15.5 Å². The van der Waals surface area contributed by atoms with Crippen LogP contribution < -0.4 is 15.5 Å². The van der Waals surface area contributed by atoms with Crippen LogP contribution in [0.4, 0.5) is 11.8 Å². The molecule has 0 aliphatic carbocycles. The fourth-order valence-corrected chi connectivity index (χ4v) is 1.81. The number of hydrogen-bond donors (Lipinski definition) is 2. The Bertz CT molecular complexity index is 412. The quantitative estimate of drug-likeness (QED) is 0.826. The summed E-state index contributed by atoms with van der Waals surface area (Å²) in [4.78, 5) is 21.6. The summed E-state index contributed by atoms with van der Waals surface area (Å²) in [7, 11) is 3.42. The first-order valence-electron chi connectivity index (χ1n) is 5.76. The molecule has 0 aliphatic rings. The Morgan fingerprint density at radius 1 is 1.56 bits per heavy atom. The van der Waals surface area contributed by atoms with Crippen molar-refractivity contribution in [3.05, 3.63) is 10.7 Å². The molecule has 7 heteroatoms. The highest BCUT2D eigenvalue weighted by Crippen LogP contribution is 2.23. The number of aromatic nitrogens is 2. The van der Waals surface area contributed by atoms with Gasteiger partial charge in [-0.3, -0.25) is 4.79 Å². The number of nitrogens with one attached hydrogen (secondary N) is 2. The van der Waals surface area contributed by atoms with Gasteiger partial charge in [-0.2, -0.15) is 4.98 Å². The lowest BCUT2D eigenvalue weighted by Gasteiger charge is -2.19. The Hall–Kier alpha value is -1.37. The van der Waals surface area contributed by atoms with Gasteiger partial charge in [0, 0.05) is 26.8 Å². The summed E-state index contributed by atoms with van der Waals surface area (Å²) in [5.41, 5.74) is 0. The van der Waals surface area contributed by atoms with E-state index in [-0.39, 0.29) is 12.5 Å². The molecule has 1 amide bonds. The van der Waals surface area contributed by atoms with Crippen molar-refractivity contribution in [2.24, 2.45) is 0 Å². The van der Waals surface area contributed by atoms with Crippen LogP contribution in [0.5, 0.6) is 0 Å². The number of nitrogens with zero attached hydrogens (tertiary/aromatic N) is 3. The van der Waals surface area contributed by atoms with Crippen molar-refractivity contribution in [3.8, 4) is 0 Å². The van der Waals surface area contributed by atoms with E-state index in [1.165, 1.54) is 0 Å². The second-order valence-corrected chi connectivity index (χ2v) is 4.68. The minimum Gasteiger partial charge on any atom is -0.358 e. The third kappa shape index (κ3) is 4.14. The van der Waals surface area contributed by atoms with Crippen molar-refractivity contribution < 1.29 is 4.79 Å². The zero-order chi connectivity index (χ0) is 13.5. The Labute approximate surface area is 115 Å². The molecule has 0 saturated heterocycles. The number of hydrogen-bond acceptors (Lipinski definition) is 5. The lowest BCUT2D eigenvalue weighted by Crippen LogP contribution is -2.33. The third-order valence-corrected chi connectivity index (χ3v) is 2.84. The topological polar surface area (TPSA) is 70.2 Å². The van der Waals surface area contributed by atoms with Gasteiger partial charge in [0.1, 0.15) is 5.82 Å². The Morgan fingerprint density at radius 2 is 2.28 bits per heavy atom. The second kappa shape index (κ2) is 7.15. The molecule has 0 aliphatic heterocycles. The largest absolute Gasteiger partial charge is 0.358 e. The van der Waals surface area contributed by atoms with Crippen LogP contribution in [-0.2, 0) is 4.79 Å². The standard InChI is InChI=1S/C11H18BrN5O/c1-4-5-14-11-15-6-8(12)10(16-11)17(3)7-9(18)13-2/h6H,4-5,7H2,1-3H3,(H,13,18)(H,14,15,16). The summed E-state index contributed by atoms with van der Waals surface area (Å²) < 4.78 is 0.760. The molecule has 0 spiro atoms. The normalized spacial score (nSPS) is 10.0. The molecule has 0 radical (unpaired) electrons. The summed E-state index contributed by atoms with van der Waals surface area (Å²) in [6.07, 6.45) is 2.68. The van der Waals surface area contributed by atoms with Crippen LogP contribution in [-0.4, -0.2) is 43.1 Å². The molecule has 0 saturated carbocycles. The number of anilines is 2. The van der Waals surface area contributed by atoms with Crippen molar-refractivity contribution in [3.63, 3.8) is 0 Å². The maximum Gasteiger partial charge on any atom is 0.239 e. The summed E-state index contributed by atoms with van der Waals surface area (Å²) in [6.45, 7) is 3.14. The second-order valence-electron chi connectivity index (χ2n) is 3.82. The first kappa shape index (κ1) is 14.7. The van der Waals surface area contributed by atoms with Gasteiger partial charge >= 0.3 is 0 Å². The summed E-state index contributed by atoms with van der Waals surface area (Å²) >= 11 is 3.38. The zero-order valence-corrected chi connectivity index (χ0v) is 12.4. The molecule has 1 aromatic heterocycles. The average molecular weight is 316 g/mol. The van der Waals surface area contributed by atoms with Crippen LogP contribution in [0.25, 0.3) is 0 Å². The summed E-state index contributed by atoms with van der Waals surface area (Å²) in [5, 5.41) is 5.69. The van der Waals surface area contributed by atoms with Crippen LogP contribution in [0.1, 0.15) is 13.3 Å². The molecule has 100 valence electrons. The van der Waals surface area contributed by atoms with E-state index >= 15 is 0 Å². The summed E-state index contributed by atoms with van der Waals surface area (Å²) in [5.74, 6) is 1.19. The van der Waals surface area contributed by atoms with Gasteiger partial charge in [0.2, 0.25) is 11.9 Å². The van der Waals surface area contributed by atoms with Crippen molar-refractivity contribution in [1.82, 2.24) is 15.3 Å². The van der Waals surface area contributed by atoms with Crippen molar-refractivity contribution in [2.45, 2.75) is 13.3 Å². The van der Waals surface area contributed by atoms with E-state index in [0.717, 1.165) is 17.4 Å². The molecule has 0 unspecified atom stereocenters. The number of carbonyl (C=O) groups excluding carboxylic acids is 1. The molecular weight excluding hydrogens is 298 g/mol. The van der Waals surface area contributed by atoms with Gasteiger partial charge in [-0.15, -0.1) is 0 Å². The minimum atomic E-state index is -0.0638. The fourth-order valence-electron chi connectivity index (χ4n) is 1.32. The van der Waals surface area contributed by atoms with Crippen LogP contribution in [0, 0.1) is 0 Å². The Kier molecular flexibility index (Phi) is 5.84. The molecule has 1 heterocycles. The maximum absolute atomic E-state index is 11.3. The average Bonchev–Trinajstić information content (AvgIpc) is 2.37. The number of likely N-dealkylation sites (N-methyl/N-ethyl adjacent to an activating group) is 2. The van der Waals surface area contributed by atoms with E-state index in [9.17, 15) is 4.79 Å². The van der Waals surface area contributed by atoms with Crippen molar-refractivity contribution in [1.29, 1.82) is 0 Å². The van der Waals surface area contributed by atoms with Crippen molar-refractivity contribution in [2.75, 3.05) is 37.4 Å². The molecule has 1 rings (SSSR count). The number of amides is 1. The third-order valence-electron chi connectivity index (χ3n) is 2.28. The number of rotatable bonds is 6. The highest BCUT2D eigenvalue weighted by molar-refractivity contribution is 9.10. The molecule has 6 nitrogen and oxygen atoms in total. The minimum absolute atomic E-state index is 0.0638. The summed E-state index contributed by atoms with van der Waals surface area (Å²) in [6, 6.07) is 0. The molecule has 18 heavy (non-hydrogen) atoms. The highest BCUT2D eigenvalue weighted by Gasteiger charge is 2.12. The lowest BCUT2D eigenvalue weighted by atomic mass is 10.4. The van der Waals surface area contributed by atoms with E-state index in [4.69, 9.17) is 0 Å². The molecular formula is C11H18BrN5O. The molecule has 1 aromatic rings. The Morgan fingerprint density at radius 3 is 2.89 bits per heavy atom. The molecule has 0 atom stereocenters. The highest BCUT2D eigenvalue weighted by atomic mass is 79.9. The van der Waals surface area contributed by atoms with Gasteiger partial charge in [0.25, 0.3) is 0 Å². The van der Waals surface area contributed by atoms with Crippen LogP contribution in [0.15, 0.2) is 10.7 Å². The predicted octanol–water partition coefficient (Wildman–Crippen LogP) is 1.24. The van der Waals surface area contributed by atoms with Crippen LogP contribution in [0.2, 0.25) is 0 Å². The van der Waals surface area contributed by atoms with E-state index in [1.54, 1.807) is 18.1 Å². The van der Waals surface area contributed by atoms with Crippen LogP contribution in [0.3, 0.4) is 0 Å². The monoisotopic (exact) mass is 315 g/mol. The Balaban J connectivity index is 2.82. The molecule has 0 fully saturated rings. The van der Waals surface area contributed by atoms with E-state index in [1.807, 2.05) is 7.05 Å². The first-order valence-corrected chi connectivity index (χ1v) is 6.56. The lowest BCUT2D eigenvalue weighted by molar-refractivity contribution is -0.119. The molecule has 0 aromatic carbocycles. The van der Waals surface area contributed by atoms with E-state index in [2.05, 4.69) is 43.5 Å².